The van der Waals surface area contributed by atoms with E-state index in [2.05, 4.69) is 15.0 Å². The van der Waals surface area contributed by atoms with Crippen molar-refractivity contribution in [3.8, 4) is 0 Å². The summed E-state index contributed by atoms with van der Waals surface area (Å²) in [5.41, 5.74) is 7.90. The molecule has 3 rings (SSSR count). The molecule has 2 saturated heterocycles. The molecule has 0 bridgehead atoms. The predicted molar refractivity (Wildman–Crippen MR) is 97.2 cm³/mol. The molecule has 5 N–H and O–H groups in total. The Morgan fingerprint density at radius 1 is 1.27 bits per heavy atom. The number of aliphatic hydroxyl groups is 4. The normalized spacial score (nSPS) is 36.4. The topological polar surface area (TPSA) is 212 Å². The molecule has 1 aromatic heterocycles. The standard InChI is InChI=1S/C16H23N5O9/c1-6-3-21(16(27)18-14(6)26)10-2-7(19-20-17)9(29-10)5-28-15-13(25)12(24)11(23)8(4-22)30-15/h3,7-13,15,22-25H,2,4-5H2,1H3,(H,18,26,27)/t7-,8+,9+,10+,11+,12-,13+,15-/m0/s1. The minimum atomic E-state index is -1.60. The minimum absolute atomic E-state index is 0.123. The summed E-state index contributed by atoms with van der Waals surface area (Å²) in [5, 5.41) is 42.6. The first-order chi connectivity index (χ1) is 14.3. The van der Waals surface area contributed by atoms with Crippen molar-refractivity contribution in [3.05, 3.63) is 43.0 Å². The number of aryl methyl sites for hydroxylation is 1. The molecule has 1 aromatic rings. The van der Waals surface area contributed by atoms with Crippen LogP contribution in [0, 0.1) is 6.92 Å². The molecular formula is C16H23N5O9. The summed E-state index contributed by atoms with van der Waals surface area (Å²) >= 11 is 0. The third kappa shape index (κ3) is 4.40. The third-order valence-electron chi connectivity index (χ3n) is 5.13. The van der Waals surface area contributed by atoms with Gasteiger partial charge in [0.25, 0.3) is 5.56 Å². The number of hydrogen-bond acceptors (Lipinski definition) is 10. The SMILES string of the molecule is Cc1cn([C@H]2C[C@H](N=[N+]=[N-])[C@@H](CO[C@H]3O[C@H](CO)[C@@H](O)[C@H](O)[C@H]3O)O2)c(=O)[nH]c1=O. The van der Waals surface area contributed by atoms with Crippen molar-refractivity contribution in [1.82, 2.24) is 9.55 Å². The Hall–Kier alpha value is -2.29. The summed E-state index contributed by atoms with van der Waals surface area (Å²) in [6, 6.07) is -0.732. The highest BCUT2D eigenvalue weighted by molar-refractivity contribution is 5.02. The first-order valence-electron chi connectivity index (χ1n) is 9.20. The zero-order valence-corrected chi connectivity index (χ0v) is 15.9. The Morgan fingerprint density at radius 2 is 2.00 bits per heavy atom. The molecule has 0 radical (unpaired) electrons. The smallest absolute Gasteiger partial charge is 0.330 e. The lowest BCUT2D eigenvalue weighted by molar-refractivity contribution is -0.305. The molecule has 0 saturated carbocycles. The van der Waals surface area contributed by atoms with E-state index in [1.807, 2.05) is 0 Å². The number of nitrogens with zero attached hydrogens (tertiary/aromatic N) is 4. The summed E-state index contributed by atoms with van der Waals surface area (Å²) in [7, 11) is 0. The maximum absolute atomic E-state index is 12.1. The van der Waals surface area contributed by atoms with Gasteiger partial charge in [-0.25, -0.2) is 4.79 Å². The van der Waals surface area contributed by atoms with Gasteiger partial charge in [0.1, 0.15) is 30.6 Å². The van der Waals surface area contributed by atoms with Gasteiger partial charge >= 0.3 is 5.69 Å². The van der Waals surface area contributed by atoms with Gasteiger partial charge in [-0.3, -0.25) is 14.3 Å². The van der Waals surface area contributed by atoms with Gasteiger partial charge in [-0.05, 0) is 12.5 Å². The van der Waals surface area contributed by atoms with Crippen molar-refractivity contribution in [2.75, 3.05) is 13.2 Å². The minimum Gasteiger partial charge on any atom is -0.394 e. The van der Waals surface area contributed by atoms with Gasteiger partial charge in [-0.15, -0.1) is 0 Å². The third-order valence-corrected chi connectivity index (χ3v) is 5.13. The zero-order valence-electron chi connectivity index (χ0n) is 15.9. The maximum atomic E-state index is 12.1. The fraction of sp³-hybridized carbons (Fsp3) is 0.750. The van der Waals surface area contributed by atoms with Crippen molar-refractivity contribution in [1.29, 1.82) is 0 Å². The summed E-state index contributed by atoms with van der Waals surface area (Å²) in [4.78, 5) is 28.6. The van der Waals surface area contributed by atoms with Crippen LogP contribution in [0.1, 0.15) is 18.2 Å². The van der Waals surface area contributed by atoms with Crippen molar-refractivity contribution < 1.29 is 34.6 Å². The molecule has 0 aromatic carbocycles. The Balaban J connectivity index is 1.72. The fourth-order valence-electron chi connectivity index (χ4n) is 3.42. The fourth-order valence-corrected chi connectivity index (χ4v) is 3.42. The molecule has 0 amide bonds. The quantitative estimate of drug-likeness (QED) is 0.185. The molecule has 8 atom stereocenters. The molecule has 14 heteroatoms. The van der Waals surface area contributed by atoms with Crippen molar-refractivity contribution in [2.45, 2.75) is 62.4 Å². The van der Waals surface area contributed by atoms with E-state index in [0.29, 0.717) is 5.56 Å². The monoisotopic (exact) mass is 429 g/mol. The van der Waals surface area contributed by atoms with Crippen molar-refractivity contribution in [3.63, 3.8) is 0 Å². The molecule has 0 unspecified atom stereocenters. The van der Waals surface area contributed by atoms with E-state index >= 15 is 0 Å². The molecule has 30 heavy (non-hydrogen) atoms. The second-order valence-corrected chi connectivity index (χ2v) is 7.15. The number of aromatic amines is 1. The Labute approximate surface area is 168 Å². The van der Waals surface area contributed by atoms with Gasteiger partial charge in [-0.2, -0.15) is 0 Å². The average Bonchev–Trinajstić information content (AvgIpc) is 3.11. The van der Waals surface area contributed by atoms with E-state index in [1.165, 1.54) is 17.7 Å². The number of nitrogens with one attached hydrogen (secondary N) is 1. The van der Waals surface area contributed by atoms with Crippen LogP contribution in [0.25, 0.3) is 10.4 Å². The highest BCUT2D eigenvalue weighted by Gasteiger charge is 2.45. The van der Waals surface area contributed by atoms with Crippen LogP contribution in [0.3, 0.4) is 0 Å². The first-order valence-corrected chi connectivity index (χ1v) is 9.20. The summed E-state index contributed by atoms with van der Waals surface area (Å²) in [5.74, 6) is 0. The molecule has 2 fully saturated rings. The number of rotatable bonds is 6. The van der Waals surface area contributed by atoms with E-state index in [0.717, 1.165) is 0 Å². The summed E-state index contributed by atoms with van der Waals surface area (Å²) in [6.45, 7) is 0.664. The Kier molecular flexibility index (Phi) is 6.90. The number of aromatic nitrogens is 2. The molecule has 2 aliphatic heterocycles. The van der Waals surface area contributed by atoms with Crippen molar-refractivity contribution >= 4 is 0 Å². The molecule has 166 valence electrons. The van der Waals surface area contributed by atoms with Gasteiger partial charge in [0.05, 0.1) is 25.4 Å². The van der Waals surface area contributed by atoms with E-state index in [-0.39, 0.29) is 13.0 Å². The molecular weight excluding hydrogens is 406 g/mol. The van der Waals surface area contributed by atoms with E-state index in [9.17, 15) is 30.0 Å². The van der Waals surface area contributed by atoms with Crippen LogP contribution in [-0.4, -0.2) is 86.0 Å². The van der Waals surface area contributed by atoms with Crippen LogP contribution >= 0.6 is 0 Å². The van der Waals surface area contributed by atoms with Gasteiger partial charge in [0, 0.05) is 23.1 Å². The lowest BCUT2D eigenvalue weighted by Crippen LogP contribution is -2.59. The summed E-state index contributed by atoms with van der Waals surface area (Å²) < 4.78 is 17.7. The van der Waals surface area contributed by atoms with Crippen LogP contribution in [0.15, 0.2) is 20.9 Å². The predicted octanol–water partition coefficient (Wildman–Crippen LogP) is -2.37. The van der Waals surface area contributed by atoms with Gasteiger partial charge in [0.2, 0.25) is 0 Å². The van der Waals surface area contributed by atoms with Crippen molar-refractivity contribution in [2.24, 2.45) is 5.11 Å². The molecule has 0 aliphatic carbocycles. The van der Waals surface area contributed by atoms with Gasteiger partial charge < -0.3 is 34.6 Å². The van der Waals surface area contributed by atoms with Crippen LogP contribution < -0.4 is 11.2 Å². The zero-order chi connectivity index (χ0) is 22.0. The lowest BCUT2D eigenvalue weighted by Gasteiger charge is -2.39. The molecule has 2 aliphatic rings. The number of H-pyrrole nitrogens is 1. The van der Waals surface area contributed by atoms with Crippen LogP contribution in [0.2, 0.25) is 0 Å². The van der Waals surface area contributed by atoms with Gasteiger partial charge in [-0.1, -0.05) is 5.11 Å². The molecule has 0 spiro atoms. The number of azide groups is 1. The van der Waals surface area contributed by atoms with Crippen LogP contribution in [0.5, 0.6) is 0 Å². The average molecular weight is 429 g/mol. The largest absolute Gasteiger partial charge is 0.394 e. The second kappa shape index (κ2) is 9.24. The van der Waals surface area contributed by atoms with Crippen LogP contribution in [-0.2, 0) is 14.2 Å². The summed E-state index contributed by atoms with van der Waals surface area (Å²) in [6.07, 6.45) is -7.46. The number of hydrogen-bond donors (Lipinski definition) is 5. The van der Waals surface area contributed by atoms with E-state index in [1.54, 1.807) is 0 Å². The van der Waals surface area contributed by atoms with Gasteiger partial charge in [0.15, 0.2) is 6.29 Å². The van der Waals surface area contributed by atoms with E-state index < -0.39 is 66.9 Å². The molecule has 3 heterocycles. The molecule has 14 nitrogen and oxygen atoms in total. The Morgan fingerprint density at radius 3 is 2.67 bits per heavy atom. The van der Waals surface area contributed by atoms with Crippen LogP contribution in [0.4, 0.5) is 0 Å². The first kappa shape index (κ1) is 22.4. The number of aliphatic hydroxyl groups excluding tert-OH is 4. The Bertz CT molecular complexity index is 911. The number of ether oxygens (including phenoxy) is 3. The highest BCUT2D eigenvalue weighted by atomic mass is 16.7. The highest BCUT2D eigenvalue weighted by Crippen LogP contribution is 2.31. The van der Waals surface area contributed by atoms with E-state index in [4.69, 9.17) is 19.7 Å². The second-order valence-electron chi connectivity index (χ2n) is 7.15. The lowest BCUT2D eigenvalue weighted by atomic mass is 9.99. The maximum Gasteiger partial charge on any atom is 0.330 e.